The SMILES string of the molecule is [2H]C([2H])([2H])C([2H])([2H])n1nc(NC2[C@@H]3CC[C@H]2CN(c2cc(C)ncn2)C3)nc1Oc1cc(F)cc(Cl)c1. The summed E-state index contributed by atoms with van der Waals surface area (Å²) in [6, 6.07) is 4.94. The second-order valence-electron chi connectivity index (χ2n) is 8.14. The van der Waals surface area contributed by atoms with E-state index in [1.807, 2.05) is 13.0 Å². The van der Waals surface area contributed by atoms with Gasteiger partial charge in [-0.2, -0.15) is 4.98 Å². The second-order valence-corrected chi connectivity index (χ2v) is 8.58. The first-order valence-electron chi connectivity index (χ1n) is 12.8. The Labute approximate surface area is 197 Å². The van der Waals surface area contributed by atoms with Crippen LogP contribution in [0.15, 0.2) is 30.6 Å². The van der Waals surface area contributed by atoms with Crippen LogP contribution in [0.1, 0.15) is 32.2 Å². The van der Waals surface area contributed by atoms with Crippen LogP contribution in [0.4, 0.5) is 16.2 Å². The van der Waals surface area contributed by atoms with Gasteiger partial charge in [0.15, 0.2) is 0 Å². The zero-order chi connectivity index (χ0) is 26.5. The van der Waals surface area contributed by atoms with Crippen molar-refractivity contribution in [3.63, 3.8) is 0 Å². The van der Waals surface area contributed by atoms with Crippen LogP contribution in [0.25, 0.3) is 0 Å². The maximum atomic E-state index is 13.8. The molecule has 3 atom stereocenters. The van der Waals surface area contributed by atoms with Crippen LogP contribution in [0, 0.1) is 24.6 Å². The summed E-state index contributed by atoms with van der Waals surface area (Å²) in [4.78, 5) is 15.1. The monoisotopic (exact) mass is 462 g/mol. The van der Waals surface area contributed by atoms with E-state index in [4.69, 9.17) is 23.2 Å². The normalized spacial score (nSPS) is 25.4. The third kappa shape index (κ3) is 4.21. The number of hydrogen-bond donors (Lipinski definition) is 1. The van der Waals surface area contributed by atoms with Gasteiger partial charge >= 0.3 is 6.01 Å². The van der Waals surface area contributed by atoms with E-state index in [1.54, 1.807) is 6.33 Å². The molecule has 0 spiro atoms. The Kier molecular flexibility index (Phi) is 4.21. The summed E-state index contributed by atoms with van der Waals surface area (Å²) in [5.41, 5.74) is 0.892. The quantitative estimate of drug-likeness (QED) is 0.584. The van der Waals surface area contributed by atoms with E-state index in [9.17, 15) is 4.39 Å². The molecule has 3 aromatic rings. The Morgan fingerprint density at radius 1 is 1.25 bits per heavy atom. The van der Waals surface area contributed by atoms with Gasteiger partial charge in [-0.1, -0.05) is 11.6 Å². The topological polar surface area (TPSA) is 81.0 Å². The zero-order valence-corrected chi connectivity index (χ0v) is 18.1. The summed E-state index contributed by atoms with van der Waals surface area (Å²) in [6.45, 7) is -2.58. The molecule has 2 aliphatic rings. The molecular formula is C22H25ClFN7O. The average molecular weight is 463 g/mol. The van der Waals surface area contributed by atoms with Gasteiger partial charge in [-0.15, -0.1) is 5.10 Å². The number of hydrogen-bond acceptors (Lipinski definition) is 7. The lowest BCUT2D eigenvalue weighted by Gasteiger charge is -2.38. The molecule has 8 nitrogen and oxygen atoms in total. The van der Waals surface area contributed by atoms with Crippen molar-refractivity contribution in [2.24, 2.45) is 11.8 Å². The van der Waals surface area contributed by atoms with Crippen LogP contribution in [0.2, 0.25) is 5.02 Å². The Morgan fingerprint density at radius 2 is 2.06 bits per heavy atom. The molecule has 5 rings (SSSR count). The molecule has 1 aliphatic heterocycles. The fraction of sp³-hybridized carbons (Fsp3) is 0.455. The summed E-state index contributed by atoms with van der Waals surface area (Å²) >= 11 is 5.91. The molecule has 0 radical (unpaired) electrons. The minimum Gasteiger partial charge on any atom is -0.424 e. The van der Waals surface area contributed by atoms with Gasteiger partial charge in [-0.05, 0) is 50.6 Å². The number of aromatic nitrogens is 5. The van der Waals surface area contributed by atoms with Crippen molar-refractivity contribution in [1.29, 1.82) is 0 Å². The highest BCUT2D eigenvalue weighted by atomic mass is 35.5. The highest BCUT2D eigenvalue weighted by Gasteiger charge is 2.43. The molecule has 1 N–H and O–H groups in total. The number of fused-ring (bicyclic) bond motifs is 2. The van der Waals surface area contributed by atoms with E-state index in [0.29, 0.717) is 4.68 Å². The summed E-state index contributed by atoms with van der Waals surface area (Å²) in [5.74, 6) is 0.644. The van der Waals surface area contributed by atoms with Crippen LogP contribution in [-0.2, 0) is 6.50 Å². The lowest BCUT2D eigenvalue weighted by molar-refractivity contribution is 0.374. The fourth-order valence-electron chi connectivity index (χ4n) is 4.60. The minimum absolute atomic E-state index is 0.00914. The maximum absolute atomic E-state index is 13.8. The Hall–Kier alpha value is -2.94. The van der Waals surface area contributed by atoms with Gasteiger partial charge in [-0.25, -0.2) is 19.0 Å². The van der Waals surface area contributed by atoms with Crippen LogP contribution in [-0.4, -0.2) is 43.9 Å². The Balaban J connectivity index is 1.41. The van der Waals surface area contributed by atoms with Crippen molar-refractivity contribution in [2.75, 3.05) is 23.3 Å². The molecule has 1 aliphatic carbocycles. The molecule has 2 aromatic heterocycles. The molecule has 2 bridgehead atoms. The first-order valence-corrected chi connectivity index (χ1v) is 10.7. The molecular weight excluding hydrogens is 433 g/mol. The van der Waals surface area contributed by atoms with Crippen molar-refractivity contribution in [2.45, 2.75) is 39.2 Å². The van der Waals surface area contributed by atoms with Gasteiger partial charge < -0.3 is 15.0 Å². The highest BCUT2D eigenvalue weighted by Crippen LogP contribution is 2.39. The molecule has 1 unspecified atom stereocenters. The molecule has 1 aromatic carbocycles. The maximum Gasteiger partial charge on any atom is 0.322 e. The van der Waals surface area contributed by atoms with Gasteiger partial charge in [0.25, 0.3) is 0 Å². The van der Waals surface area contributed by atoms with Crippen LogP contribution >= 0.6 is 11.6 Å². The second kappa shape index (κ2) is 8.54. The van der Waals surface area contributed by atoms with E-state index in [0.717, 1.165) is 49.6 Å². The van der Waals surface area contributed by atoms with Crippen molar-refractivity contribution in [1.82, 2.24) is 24.7 Å². The molecule has 0 amide bonds. The molecule has 32 heavy (non-hydrogen) atoms. The predicted molar refractivity (Wildman–Crippen MR) is 120 cm³/mol. The molecule has 1 saturated heterocycles. The third-order valence-electron chi connectivity index (χ3n) is 5.97. The number of nitrogens with one attached hydrogen (secondary N) is 1. The largest absolute Gasteiger partial charge is 0.424 e. The lowest BCUT2D eigenvalue weighted by atomic mass is 9.92. The van der Waals surface area contributed by atoms with Gasteiger partial charge in [0.05, 0.1) is 2.74 Å². The lowest BCUT2D eigenvalue weighted by Crippen LogP contribution is -2.48. The number of halogens is 2. The molecule has 2 fully saturated rings. The average Bonchev–Trinajstić information content (AvgIpc) is 3.28. The van der Waals surface area contributed by atoms with Crippen molar-refractivity contribution in [3.8, 4) is 11.8 Å². The molecule has 168 valence electrons. The fourth-order valence-corrected chi connectivity index (χ4v) is 4.81. The smallest absolute Gasteiger partial charge is 0.322 e. The van der Waals surface area contributed by atoms with E-state index in [-0.39, 0.29) is 34.6 Å². The number of rotatable bonds is 6. The van der Waals surface area contributed by atoms with Crippen molar-refractivity contribution in [3.05, 3.63) is 47.1 Å². The van der Waals surface area contributed by atoms with Gasteiger partial charge in [0.2, 0.25) is 5.95 Å². The first kappa shape index (κ1) is 15.8. The molecule has 1 saturated carbocycles. The van der Waals surface area contributed by atoms with E-state index >= 15 is 0 Å². The van der Waals surface area contributed by atoms with E-state index < -0.39 is 25.2 Å². The summed E-state index contributed by atoms with van der Waals surface area (Å²) < 4.78 is 59.4. The Morgan fingerprint density at radius 3 is 2.78 bits per heavy atom. The first-order chi connectivity index (χ1) is 17.4. The number of aryl methyl sites for hydroxylation is 2. The number of benzene rings is 1. The summed E-state index contributed by atoms with van der Waals surface area (Å²) in [5, 5.41) is 7.48. The van der Waals surface area contributed by atoms with Gasteiger partial charge in [0, 0.05) is 52.6 Å². The van der Waals surface area contributed by atoms with Crippen LogP contribution < -0.4 is 15.0 Å². The minimum atomic E-state index is -3.07. The number of piperidine rings is 1. The molecule has 10 heteroatoms. The predicted octanol–water partition coefficient (Wildman–Crippen LogP) is 4.31. The van der Waals surface area contributed by atoms with Crippen molar-refractivity contribution < 1.29 is 16.0 Å². The Bertz CT molecular complexity index is 1270. The van der Waals surface area contributed by atoms with E-state index in [1.165, 1.54) is 6.07 Å². The third-order valence-corrected chi connectivity index (χ3v) is 6.19. The molecule has 3 heterocycles. The number of anilines is 2. The zero-order valence-electron chi connectivity index (χ0n) is 22.3. The van der Waals surface area contributed by atoms with Crippen molar-refractivity contribution >= 4 is 23.4 Å². The number of ether oxygens (including phenoxy) is 1. The standard InChI is InChI=1S/C22H25ClFN7O/c1-3-31-22(32-18-8-16(23)7-17(24)9-18)28-21(29-31)27-20-14-4-5-15(20)11-30(10-14)19-6-13(2)25-12-26-19/h6-9,12,14-15,20H,3-5,10-11H2,1-2H3,(H,27,29)/t14-,15+,20?/i1D3,3D2. The summed E-state index contributed by atoms with van der Waals surface area (Å²) in [7, 11) is 0. The van der Waals surface area contributed by atoms with Crippen LogP contribution in [0.3, 0.4) is 0 Å². The van der Waals surface area contributed by atoms with Gasteiger partial charge in [-0.3, -0.25) is 0 Å². The van der Waals surface area contributed by atoms with E-state index in [2.05, 4.69) is 30.3 Å². The summed E-state index contributed by atoms with van der Waals surface area (Å²) in [6.07, 6.45) is 3.51. The van der Waals surface area contributed by atoms with Gasteiger partial charge in [0.1, 0.15) is 23.7 Å². The van der Waals surface area contributed by atoms with Crippen LogP contribution in [0.5, 0.6) is 11.8 Å². The number of nitrogens with zero attached hydrogens (tertiary/aromatic N) is 6. The highest BCUT2D eigenvalue weighted by molar-refractivity contribution is 6.30.